The maximum absolute atomic E-state index is 4.72. The molecular weight excluding hydrogens is 220 g/mol. The summed E-state index contributed by atoms with van der Waals surface area (Å²) in [7, 11) is 0. The minimum atomic E-state index is 0.946. The predicted molar refractivity (Wildman–Crippen MR) is 79.4 cm³/mol. The average molecular weight is 242 g/mol. The molecule has 96 valence electrons. The fourth-order valence-electron chi connectivity index (χ4n) is 2.50. The lowest BCUT2D eigenvalue weighted by Crippen LogP contribution is -2.05. The van der Waals surface area contributed by atoms with Crippen LogP contribution in [0.25, 0.3) is 10.9 Å². The van der Waals surface area contributed by atoms with Crippen molar-refractivity contribution in [2.24, 2.45) is 0 Å². The molecule has 2 rings (SSSR count). The highest BCUT2D eigenvalue weighted by atomic mass is 14.9. The van der Waals surface area contributed by atoms with E-state index in [4.69, 9.17) is 4.98 Å². The first-order valence-corrected chi connectivity index (χ1v) is 6.87. The van der Waals surface area contributed by atoms with Crippen molar-refractivity contribution < 1.29 is 0 Å². The number of fused-ring (bicyclic) bond motifs is 1. The van der Waals surface area contributed by atoms with Crippen LogP contribution >= 0.6 is 0 Å². The Labute approximate surface area is 109 Å². The Morgan fingerprint density at radius 3 is 2.50 bits per heavy atom. The van der Waals surface area contributed by atoms with Crippen molar-refractivity contribution in [1.29, 1.82) is 0 Å². The van der Waals surface area contributed by atoms with E-state index in [0.29, 0.717) is 0 Å². The first-order valence-electron chi connectivity index (χ1n) is 6.87. The Hall–Kier alpha value is -1.57. The summed E-state index contributed by atoms with van der Waals surface area (Å²) in [5, 5.41) is 4.78. The molecule has 18 heavy (non-hydrogen) atoms. The zero-order valence-electron chi connectivity index (χ0n) is 11.8. The number of nitrogens with one attached hydrogen (secondary N) is 1. The molecular formula is C16H22N2. The first-order chi connectivity index (χ1) is 8.71. The number of anilines is 1. The molecule has 0 unspecified atom stereocenters. The van der Waals surface area contributed by atoms with Gasteiger partial charge in [0.1, 0.15) is 0 Å². The summed E-state index contributed by atoms with van der Waals surface area (Å²) in [6.07, 6.45) is 2.09. The van der Waals surface area contributed by atoms with Crippen molar-refractivity contribution in [2.75, 3.05) is 11.9 Å². The van der Waals surface area contributed by atoms with Gasteiger partial charge in [0.2, 0.25) is 0 Å². The minimum absolute atomic E-state index is 0.946. The zero-order valence-corrected chi connectivity index (χ0v) is 11.8. The molecule has 1 heterocycles. The van der Waals surface area contributed by atoms with Crippen LogP contribution in [0.1, 0.15) is 37.6 Å². The molecule has 1 aromatic heterocycles. The van der Waals surface area contributed by atoms with Gasteiger partial charge >= 0.3 is 0 Å². The summed E-state index contributed by atoms with van der Waals surface area (Å²) in [6, 6.07) is 6.59. The lowest BCUT2D eigenvalue weighted by atomic mass is 10.0. The monoisotopic (exact) mass is 242 g/mol. The van der Waals surface area contributed by atoms with E-state index in [-0.39, 0.29) is 0 Å². The van der Waals surface area contributed by atoms with Gasteiger partial charge in [-0.2, -0.15) is 0 Å². The second-order valence-corrected chi connectivity index (χ2v) is 4.64. The Bertz CT molecular complexity index is 559. The number of benzene rings is 1. The van der Waals surface area contributed by atoms with Gasteiger partial charge in [-0.15, -0.1) is 0 Å². The number of rotatable bonds is 4. The Kier molecular flexibility index (Phi) is 3.85. The van der Waals surface area contributed by atoms with Gasteiger partial charge in [-0.1, -0.05) is 19.9 Å². The molecule has 2 nitrogen and oxygen atoms in total. The molecule has 0 saturated heterocycles. The van der Waals surface area contributed by atoms with Crippen LogP contribution < -0.4 is 5.32 Å². The second kappa shape index (κ2) is 5.38. The van der Waals surface area contributed by atoms with Crippen molar-refractivity contribution >= 4 is 16.6 Å². The molecule has 0 radical (unpaired) electrons. The summed E-state index contributed by atoms with van der Waals surface area (Å²) >= 11 is 0. The molecule has 0 aliphatic rings. The molecule has 0 aliphatic heterocycles. The van der Waals surface area contributed by atoms with E-state index in [1.54, 1.807) is 0 Å². The molecule has 0 bridgehead atoms. The second-order valence-electron chi connectivity index (χ2n) is 4.64. The van der Waals surface area contributed by atoms with Crippen LogP contribution in [-0.4, -0.2) is 11.5 Å². The molecule has 0 aliphatic carbocycles. The van der Waals surface area contributed by atoms with Crippen LogP contribution in [0.15, 0.2) is 18.2 Å². The van der Waals surface area contributed by atoms with E-state index >= 15 is 0 Å². The van der Waals surface area contributed by atoms with Crippen LogP contribution in [0.3, 0.4) is 0 Å². The highest BCUT2D eigenvalue weighted by Gasteiger charge is 2.10. The topological polar surface area (TPSA) is 24.9 Å². The smallest absolute Gasteiger partial charge is 0.0726 e. The zero-order chi connectivity index (χ0) is 13.1. The minimum Gasteiger partial charge on any atom is -0.384 e. The number of aryl methyl sites for hydroxylation is 2. The van der Waals surface area contributed by atoms with E-state index in [9.17, 15) is 0 Å². The van der Waals surface area contributed by atoms with Crippen molar-refractivity contribution in [3.05, 3.63) is 35.0 Å². The molecule has 0 saturated carbocycles. The molecule has 2 heteroatoms. The fraction of sp³-hybridized carbons (Fsp3) is 0.438. The maximum Gasteiger partial charge on any atom is 0.0726 e. The first kappa shape index (κ1) is 12.9. The molecule has 0 amide bonds. The number of nitrogens with zero attached hydrogens (tertiary/aromatic N) is 1. The van der Waals surface area contributed by atoms with Gasteiger partial charge in [0, 0.05) is 23.3 Å². The molecule has 1 N–H and O–H groups in total. The van der Waals surface area contributed by atoms with E-state index in [1.807, 2.05) is 0 Å². The molecule has 1 aromatic carbocycles. The summed E-state index contributed by atoms with van der Waals surface area (Å²) in [6.45, 7) is 9.58. The van der Waals surface area contributed by atoms with Gasteiger partial charge in [-0.3, -0.25) is 4.98 Å². The largest absolute Gasteiger partial charge is 0.384 e. The average Bonchev–Trinajstić information content (AvgIpc) is 2.38. The fourth-order valence-corrected chi connectivity index (χ4v) is 2.50. The standard InChI is InChI=1S/C16H22N2/c1-5-12-8-9-15-14(10-12)16(17-7-3)13(6-2)11(4)18-15/h8-10H,5-7H2,1-4H3,(H,17,18). The lowest BCUT2D eigenvalue weighted by Gasteiger charge is -2.16. The van der Waals surface area contributed by atoms with E-state index in [1.165, 1.54) is 22.2 Å². The van der Waals surface area contributed by atoms with Crippen LogP contribution in [0, 0.1) is 6.92 Å². The number of aromatic nitrogens is 1. The van der Waals surface area contributed by atoms with Gasteiger partial charge in [0.05, 0.1) is 5.52 Å². The highest BCUT2D eigenvalue weighted by molar-refractivity contribution is 5.94. The van der Waals surface area contributed by atoms with Crippen molar-refractivity contribution in [1.82, 2.24) is 4.98 Å². The van der Waals surface area contributed by atoms with Crippen molar-refractivity contribution in [3.63, 3.8) is 0 Å². The summed E-state index contributed by atoms with van der Waals surface area (Å²) in [5.74, 6) is 0. The van der Waals surface area contributed by atoms with E-state index < -0.39 is 0 Å². The number of pyridine rings is 1. The third-order valence-electron chi connectivity index (χ3n) is 3.47. The molecule has 0 atom stereocenters. The van der Waals surface area contributed by atoms with Gasteiger partial charge in [-0.25, -0.2) is 0 Å². The van der Waals surface area contributed by atoms with Crippen molar-refractivity contribution in [3.8, 4) is 0 Å². The van der Waals surface area contributed by atoms with Crippen molar-refractivity contribution in [2.45, 2.75) is 40.5 Å². The number of hydrogen-bond donors (Lipinski definition) is 1. The highest BCUT2D eigenvalue weighted by Crippen LogP contribution is 2.29. The normalized spacial score (nSPS) is 10.9. The summed E-state index contributed by atoms with van der Waals surface area (Å²) < 4.78 is 0. The Balaban J connectivity index is 2.75. The summed E-state index contributed by atoms with van der Waals surface area (Å²) in [5.41, 5.74) is 6.23. The maximum atomic E-state index is 4.72. The van der Waals surface area contributed by atoms with Crippen LogP contribution in [0.2, 0.25) is 0 Å². The van der Waals surface area contributed by atoms with Crippen LogP contribution in [-0.2, 0) is 12.8 Å². The van der Waals surface area contributed by atoms with E-state index in [0.717, 1.165) is 30.6 Å². The number of hydrogen-bond acceptors (Lipinski definition) is 2. The lowest BCUT2D eigenvalue weighted by molar-refractivity contribution is 1.05. The molecule has 0 spiro atoms. The SMILES string of the molecule is CCNc1c(CC)c(C)nc2ccc(CC)cc12. The molecule has 2 aromatic rings. The van der Waals surface area contributed by atoms with Gasteiger partial charge in [0.25, 0.3) is 0 Å². The molecule has 0 fully saturated rings. The van der Waals surface area contributed by atoms with Gasteiger partial charge in [0.15, 0.2) is 0 Å². The Morgan fingerprint density at radius 2 is 1.89 bits per heavy atom. The van der Waals surface area contributed by atoms with Gasteiger partial charge < -0.3 is 5.32 Å². The van der Waals surface area contributed by atoms with Crippen LogP contribution in [0.4, 0.5) is 5.69 Å². The summed E-state index contributed by atoms with van der Waals surface area (Å²) in [4.78, 5) is 4.72. The predicted octanol–water partition coefficient (Wildman–Crippen LogP) is 4.10. The van der Waals surface area contributed by atoms with E-state index in [2.05, 4.69) is 51.2 Å². The third-order valence-corrected chi connectivity index (χ3v) is 3.47. The third kappa shape index (κ3) is 2.20. The van der Waals surface area contributed by atoms with Crippen LogP contribution in [0.5, 0.6) is 0 Å². The Morgan fingerprint density at radius 1 is 1.11 bits per heavy atom. The quantitative estimate of drug-likeness (QED) is 0.873. The van der Waals surface area contributed by atoms with Gasteiger partial charge in [-0.05, 0) is 49.9 Å².